The number of rotatable bonds is 42. The molecule has 48 N–H and O–H groups in total. The summed E-state index contributed by atoms with van der Waals surface area (Å²) in [6.45, 7) is 25.3. The Bertz CT molecular complexity index is 2270. The Balaban J connectivity index is -0.0000000977. The third-order valence-corrected chi connectivity index (χ3v) is 14.3. The van der Waals surface area contributed by atoms with Crippen LogP contribution in [0.15, 0.2) is 0 Å². The van der Waals surface area contributed by atoms with Gasteiger partial charge in [-0.25, -0.2) is 0 Å². The molecule has 0 aromatic heterocycles. The zero-order valence-electron chi connectivity index (χ0n) is 67.3. The molecule has 0 radical (unpaired) electrons. The maximum atomic E-state index is 10.2. The molecule has 0 amide bonds. The normalized spacial score (nSPS) is 13.7. The fraction of sp³-hybridized carbons (Fsp3) is 0.788. The van der Waals surface area contributed by atoms with Crippen LogP contribution in [-0.2, 0) is 57.5 Å². The minimum atomic E-state index is -1.00. The summed E-state index contributed by atoms with van der Waals surface area (Å²) in [5, 5.41) is 118. The average molecular weight is 1670 g/mol. The fourth-order valence-corrected chi connectivity index (χ4v) is 6.50. The van der Waals surface area contributed by atoms with E-state index < -0.39 is 144 Å². The predicted molar refractivity (Wildman–Crippen MR) is 436 cm³/mol. The molecule has 14 atom stereocenters. The molecule has 0 spiro atoms. The van der Waals surface area contributed by atoms with Crippen LogP contribution in [0.3, 0.4) is 0 Å². The molecule has 0 saturated carbocycles. The molecule has 668 valence electrons. The second-order valence-electron chi connectivity index (χ2n) is 26.4. The van der Waals surface area contributed by atoms with Gasteiger partial charge in [0.05, 0.1) is 0 Å². The fourth-order valence-electron chi connectivity index (χ4n) is 6.19. The lowest BCUT2D eigenvalue weighted by Gasteiger charge is -2.11. The number of unbranched alkanes of at least 4 members (excludes halogenated alkanes) is 2. The zero-order valence-corrected chi connectivity index (χ0v) is 69.1. The van der Waals surface area contributed by atoms with E-state index in [1.54, 1.807) is 0 Å². The summed E-state index contributed by atoms with van der Waals surface area (Å²) in [5.41, 5.74) is 82.6. The second-order valence-corrected chi connectivity index (χ2v) is 27.1. The van der Waals surface area contributed by atoms with E-state index in [9.17, 15) is 57.5 Å². The van der Waals surface area contributed by atoms with E-state index in [1.807, 2.05) is 83.1 Å². The van der Waals surface area contributed by atoms with Gasteiger partial charge < -0.3 is 164 Å². The number of nitrogens with two attached hydrogens (primary N) is 16. The Kier molecular flexibility index (Phi) is 100. The molecule has 0 rings (SSSR count). The smallest absolute Gasteiger partial charge is 0.321 e. The van der Waals surface area contributed by atoms with Crippen LogP contribution >= 0.6 is 25.3 Å². The summed E-state index contributed by atoms with van der Waals surface area (Å²) < 4.78 is 0. The molecule has 112 heavy (non-hydrogen) atoms. The predicted octanol–water partition coefficient (Wildman–Crippen LogP) is -2.30. The number of nitrogens with one attached hydrogen (secondary N) is 4. The van der Waals surface area contributed by atoms with Crippen molar-refractivity contribution in [2.45, 2.75) is 258 Å². The molecular weight excluding hydrogens is 1520 g/mol. The molecule has 0 heterocycles. The third-order valence-electron chi connectivity index (χ3n) is 13.5. The van der Waals surface area contributed by atoms with Gasteiger partial charge in [-0.3, -0.25) is 68.4 Å². The van der Waals surface area contributed by atoms with Crippen molar-refractivity contribution in [3.05, 3.63) is 0 Å². The minimum Gasteiger partial charge on any atom is -0.480 e. The van der Waals surface area contributed by atoms with E-state index in [2.05, 4.69) is 35.9 Å². The molecule has 0 fully saturated rings. The van der Waals surface area contributed by atoms with Gasteiger partial charge in [0.25, 0.3) is 0 Å². The van der Waals surface area contributed by atoms with Gasteiger partial charge in [0, 0.05) is 24.6 Å². The molecule has 0 aliphatic carbocycles. The average Bonchev–Trinajstić information content (AvgIpc) is 0.967. The van der Waals surface area contributed by atoms with Crippen molar-refractivity contribution in [3.8, 4) is 0 Å². The minimum absolute atomic E-state index is 0.0718. The maximum Gasteiger partial charge on any atom is 0.321 e. The van der Waals surface area contributed by atoms with Gasteiger partial charge in [0.15, 0.2) is 11.9 Å². The molecular formula is C66H148N20O24S2. The number of aliphatic carboxylic acids is 12. The van der Waals surface area contributed by atoms with Gasteiger partial charge >= 0.3 is 71.6 Å². The number of carboxylic acid groups (broad SMARTS) is 12. The number of carbonyl (C=O) groups is 12. The van der Waals surface area contributed by atoms with Crippen molar-refractivity contribution in [3.63, 3.8) is 0 Å². The molecule has 0 aromatic rings. The lowest BCUT2D eigenvalue weighted by molar-refractivity contribution is -0.140. The summed E-state index contributed by atoms with van der Waals surface area (Å²) in [7, 11) is 0. The highest BCUT2D eigenvalue weighted by atomic mass is 32.1. The Morgan fingerprint density at radius 1 is 0.295 bits per heavy atom. The van der Waals surface area contributed by atoms with Crippen molar-refractivity contribution < 1.29 is 119 Å². The van der Waals surface area contributed by atoms with Gasteiger partial charge in [-0.1, -0.05) is 109 Å². The second kappa shape index (κ2) is 85.7. The highest BCUT2D eigenvalue weighted by Crippen LogP contribution is 2.07. The number of hydrogen-bond donors (Lipinski definition) is 34. The van der Waals surface area contributed by atoms with E-state index >= 15 is 0 Å². The Hall–Kier alpha value is -7.68. The first-order valence-corrected chi connectivity index (χ1v) is 37.0. The SMILES string of the molecule is CC(C)C[C@H](N)C(=O)O.CC(C)C[C@H](N)C(=O)O.CC(C)C[C@H](N)C(=O)O.CC(C)C[C@H](N)C(=O)O.CC[C@H](C)[C@H](N)C(=O)O.CC[C@H](C)[C@H](N)C(=O)O.N=C(N)NCCC[C@H](N)C(=O)O.N=C(N)NCCC[C@H](N)C(=O)O.NCCCC[C@H](N)C(=O)O.NCCCC[C@H](N)C(=O)O.N[C@@H](CS)C(=O)O.N[C@@H](CS)C(=O)O. The summed E-state index contributed by atoms with van der Waals surface area (Å²) in [6.07, 6.45) is 10.1. The highest BCUT2D eigenvalue weighted by Gasteiger charge is 2.20. The van der Waals surface area contributed by atoms with Crippen LogP contribution in [0.25, 0.3) is 0 Å². The summed E-state index contributed by atoms with van der Waals surface area (Å²) in [5.74, 6) is -9.63. The standard InChI is InChI=1S/2C6H14N4O2.2C6H14N2O2.6C6H13NO2.2C3H7NO2S/c2*7-4(5(11)12)2-1-3-10-6(8)9;2*7-4-2-1-3-5(8)6(9)10;4*1-4(2)3-5(7)6(8)9;2*1-3-4(2)5(7)6(8)9;2*4-2(1-7)3(5)6/h2*4H,1-3,7H2,(H,11,12)(H4,8,9,10);2*5H,1-4,7-8H2,(H,9,10);6*4-5H,3,7H2,1-2H3,(H,8,9);2*2,7H,1,4H2,(H,5,6)/t2*4-;6*5-;2*4-,5-;2*2-/m000000000000/s1. The number of thiol groups is 2. The van der Waals surface area contributed by atoms with E-state index in [0.29, 0.717) is 114 Å². The van der Waals surface area contributed by atoms with E-state index in [-0.39, 0.29) is 35.3 Å². The van der Waals surface area contributed by atoms with Crippen molar-refractivity contribution in [1.82, 2.24) is 10.6 Å². The molecule has 0 saturated heterocycles. The Morgan fingerprint density at radius 3 is 0.554 bits per heavy atom. The van der Waals surface area contributed by atoms with Gasteiger partial charge in [-0.15, -0.1) is 0 Å². The van der Waals surface area contributed by atoms with Crippen LogP contribution in [-0.4, -0.2) is 255 Å². The van der Waals surface area contributed by atoms with Crippen molar-refractivity contribution in [2.24, 2.45) is 127 Å². The van der Waals surface area contributed by atoms with Crippen molar-refractivity contribution in [2.75, 3.05) is 37.7 Å². The molecule has 0 aliphatic heterocycles. The molecule has 0 aromatic carbocycles. The first-order chi connectivity index (χ1) is 51.1. The van der Waals surface area contributed by atoms with E-state index in [0.717, 1.165) is 38.5 Å². The number of guanidine groups is 2. The Labute approximate surface area is 669 Å². The largest absolute Gasteiger partial charge is 0.480 e. The van der Waals surface area contributed by atoms with Crippen LogP contribution in [0.2, 0.25) is 0 Å². The van der Waals surface area contributed by atoms with Crippen LogP contribution in [0.5, 0.6) is 0 Å². The van der Waals surface area contributed by atoms with Crippen LogP contribution in [0.1, 0.15) is 186 Å². The lowest BCUT2D eigenvalue weighted by atomic mass is 10.0. The molecule has 0 unspecified atom stereocenters. The zero-order chi connectivity index (χ0) is 91.4. The van der Waals surface area contributed by atoms with Crippen LogP contribution < -0.4 is 102 Å². The summed E-state index contributed by atoms with van der Waals surface area (Å²) >= 11 is 7.30. The molecule has 0 aliphatic rings. The van der Waals surface area contributed by atoms with Gasteiger partial charge in [-0.2, -0.15) is 25.3 Å². The Morgan fingerprint density at radius 2 is 0.464 bits per heavy atom. The highest BCUT2D eigenvalue weighted by molar-refractivity contribution is 7.80. The summed E-state index contributed by atoms with van der Waals surface area (Å²) in [4.78, 5) is 121. The lowest BCUT2D eigenvalue weighted by Crippen LogP contribution is -2.36. The first-order valence-electron chi connectivity index (χ1n) is 35.7. The van der Waals surface area contributed by atoms with E-state index in [1.165, 1.54) is 0 Å². The monoisotopic (exact) mass is 1670 g/mol. The van der Waals surface area contributed by atoms with Gasteiger partial charge in [-0.05, 0) is 126 Å². The topological polar surface area (TPSA) is 936 Å². The van der Waals surface area contributed by atoms with Gasteiger partial charge in [0.2, 0.25) is 0 Å². The van der Waals surface area contributed by atoms with Crippen molar-refractivity contribution in [1.29, 1.82) is 10.8 Å². The molecule has 44 nitrogen and oxygen atoms in total. The number of hydrogen-bond acceptors (Lipinski definition) is 30. The van der Waals surface area contributed by atoms with Gasteiger partial charge in [0.1, 0.15) is 72.5 Å². The first kappa shape index (κ1) is 131. The van der Waals surface area contributed by atoms with Crippen molar-refractivity contribution >= 4 is 109 Å². The maximum absolute atomic E-state index is 10.2. The van der Waals surface area contributed by atoms with Crippen LogP contribution in [0.4, 0.5) is 0 Å². The van der Waals surface area contributed by atoms with E-state index in [4.69, 9.17) is 164 Å². The molecule has 46 heteroatoms. The summed E-state index contributed by atoms with van der Waals surface area (Å²) in [6, 6.07) is -8.86. The number of carboxylic acids is 12. The third kappa shape index (κ3) is 113. The quantitative estimate of drug-likeness (QED) is 0.0132. The van der Waals surface area contributed by atoms with Crippen LogP contribution in [0, 0.1) is 46.3 Å². The molecule has 0 bridgehead atoms.